The molecule has 0 saturated carbocycles. The van der Waals surface area contributed by atoms with Crippen molar-refractivity contribution in [3.8, 4) is 11.3 Å². The van der Waals surface area contributed by atoms with Crippen molar-refractivity contribution in [2.45, 2.75) is 52.4 Å². The molecule has 0 aliphatic heterocycles. The van der Waals surface area contributed by atoms with Gasteiger partial charge in [0.05, 0.1) is 5.69 Å². The van der Waals surface area contributed by atoms with Gasteiger partial charge in [-0.15, -0.1) is 22.7 Å². The van der Waals surface area contributed by atoms with Crippen LogP contribution >= 0.6 is 22.7 Å². The SMILES string of the molecule is Cc1cc(-c2csc(N(C)C(=O)C(=O)CCCCCCC(N)=O)n2)c(C)s1. The summed E-state index contributed by atoms with van der Waals surface area (Å²) in [5.74, 6) is -1.25. The van der Waals surface area contributed by atoms with Crippen molar-refractivity contribution in [3.63, 3.8) is 0 Å². The molecule has 2 heterocycles. The Labute approximate surface area is 167 Å². The maximum Gasteiger partial charge on any atom is 0.295 e. The van der Waals surface area contributed by atoms with E-state index in [-0.39, 0.29) is 12.3 Å². The second-order valence-corrected chi connectivity index (χ2v) is 8.81. The number of aryl methyl sites for hydroxylation is 2. The number of nitrogens with two attached hydrogens (primary N) is 1. The summed E-state index contributed by atoms with van der Waals surface area (Å²) in [4.78, 5) is 43.4. The number of hydrogen-bond donors (Lipinski definition) is 1. The number of thiazole rings is 1. The van der Waals surface area contributed by atoms with Crippen LogP contribution in [0.2, 0.25) is 0 Å². The van der Waals surface area contributed by atoms with Gasteiger partial charge in [0.25, 0.3) is 5.91 Å². The lowest BCUT2D eigenvalue weighted by Gasteiger charge is -2.12. The smallest absolute Gasteiger partial charge is 0.295 e. The minimum atomic E-state index is -0.536. The predicted octanol–water partition coefficient (Wildman–Crippen LogP) is 3.85. The zero-order valence-corrected chi connectivity index (χ0v) is 17.5. The first kappa shape index (κ1) is 21.2. The lowest BCUT2D eigenvalue weighted by atomic mass is 10.1. The van der Waals surface area contributed by atoms with E-state index in [1.54, 1.807) is 18.4 Å². The minimum absolute atomic E-state index is 0.209. The van der Waals surface area contributed by atoms with E-state index in [4.69, 9.17) is 5.73 Å². The summed E-state index contributed by atoms with van der Waals surface area (Å²) in [7, 11) is 1.58. The Morgan fingerprint density at radius 3 is 2.37 bits per heavy atom. The van der Waals surface area contributed by atoms with Crippen molar-refractivity contribution in [2.24, 2.45) is 5.73 Å². The van der Waals surface area contributed by atoms with Crippen LogP contribution in [0.3, 0.4) is 0 Å². The lowest BCUT2D eigenvalue weighted by Crippen LogP contribution is -2.33. The van der Waals surface area contributed by atoms with E-state index in [0.29, 0.717) is 18.0 Å². The van der Waals surface area contributed by atoms with Gasteiger partial charge in [-0.3, -0.25) is 19.3 Å². The molecule has 2 aromatic heterocycles. The van der Waals surface area contributed by atoms with Gasteiger partial charge in [-0.25, -0.2) is 4.98 Å². The number of thiophene rings is 1. The van der Waals surface area contributed by atoms with Crippen LogP contribution in [-0.4, -0.2) is 29.6 Å². The van der Waals surface area contributed by atoms with Crippen LogP contribution in [0.5, 0.6) is 0 Å². The van der Waals surface area contributed by atoms with Crippen LogP contribution < -0.4 is 10.6 Å². The zero-order valence-electron chi connectivity index (χ0n) is 15.9. The molecule has 2 amide bonds. The summed E-state index contributed by atoms with van der Waals surface area (Å²) in [5, 5.41) is 2.43. The maximum atomic E-state index is 12.4. The molecule has 0 unspecified atom stereocenters. The Balaban J connectivity index is 1.86. The number of unbranched alkanes of at least 4 members (excludes halogenated alkanes) is 3. The standard InChI is InChI=1S/C19H25N3O3S2/c1-12-10-14(13(2)27-12)15-11-26-19(21-15)22(3)18(25)16(23)8-6-4-5-7-9-17(20)24/h10-11H,4-9H2,1-3H3,(H2,20,24). The van der Waals surface area contributed by atoms with E-state index < -0.39 is 11.7 Å². The van der Waals surface area contributed by atoms with Crippen molar-refractivity contribution < 1.29 is 14.4 Å². The van der Waals surface area contributed by atoms with Gasteiger partial charge in [-0.1, -0.05) is 12.8 Å². The van der Waals surface area contributed by atoms with E-state index in [2.05, 4.69) is 18.0 Å². The molecule has 0 fully saturated rings. The van der Waals surface area contributed by atoms with Crippen molar-refractivity contribution in [1.29, 1.82) is 0 Å². The summed E-state index contributed by atoms with van der Waals surface area (Å²) in [5.41, 5.74) is 6.99. The first-order chi connectivity index (χ1) is 12.8. The van der Waals surface area contributed by atoms with Gasteiger partial charge >= 0.3 is 0 Å². The van der Waals surface area contributed by atoms with Gasteiger partial charge in [-0.05, 0) is 32.8 Å². The Kier molecular flexibility index (Phi) is 7.67. The number of likely N-dealkylation sites (N-methyl/N-ethyl adjacent to an activating group) is 1. The topological polar surface area (TPSA) is 93.4 Å². The largest absolute Gasteiger partial charge is 0.370 e. The van der Waals surface area contributed by atoms with Crippen LogP contribution in [0.1, 0.15) is 48.3 Å². The Morgan fingerprint density at radius 2 is 1.78 bits per heavy atom. The molecule has 2 aromatic rings. The third-order valence-corrected chi connectivity index (χ3v) is 6.10. The normalized spacial score (nSPS) is 10.8. The number of amides is 2. The summed E-state index contributed by atoms with van der Waals surface area (Å²) >= 11 is 3.07. The molecule has 0 atom stereocenters. The highest BCUT2D eigenvalue weighted by Gasteiger charge is 2.22. The fourth-order valence-corrected chi connectivity index (χ4v) is 4.47. The minimum Gasteiger partial charge on any atom is -0.370 e. The van der Waals surface area contributed by atoms with E-state index in [9.17, 15) is 14.4 Å². The molecule has 2 rings (SSSR count). The van der Waals surface area contributed by atoms with E-state index in [1.807, 2.05) is 12.3 Å². The maximum absolute atomic E-state index is 12.4. The average molecular weight is 408 g/mol. The van der Waals surface area contributed by atoms with Crippen molar-refractivity contribution in [1.82, 2.24) is 4.98 Å². The predicted molar refractivity (Wildman–Crippen MR) is 110 cm³/mol. The van der Waals surface area contributed by atoms with Gasteiger partial charge in [0.15, 0.2) is 5.13 Å². The second-order valence-electron chi connectivity index (χ2n) is 6.51. The molecular weight excluding hydrogens is 382 g/mol. The van der Waals surface area contributed by atoms with Crippen LogP contribution in [0.4, 0.5) is 5.13 Å². The highest BCUT2D eigenvalue weighted by molar-refractivity contribution is 7.14. The van der Waals surface area contributed by atoms with Crippen molar-refractivity contribution in [3.05, 3.63) is 21.2 Å². The van der Waals surface area contributed by atoms with E-state index in [1.165, 1.54) is 26.0 Å². The highest BCUT2D eigenvalue weighted by Crippen LogP contribution is 2.33. The van der Waals surface area contributed by atoms with Gasteiger partial charge < -0.3 is 5.73 Å². The number of anilines is 1. The van der Waals surface area contributed by atoms with Crippen LogP contribution in [0.25, 0.3) is 11.3 Å². The Morgan fingerprint density at radius 1 is 1.11 bits per heavy atom. The molecule has 27 heavy (non-hydrogen) atoms. The molecule has 146 valence electrons. The Bertz CT molecular complexity index is 826. The number of Topliss-reactive ketones (excluding diaryl/α,β-unsaturated/α-hetero) is 1. The van der Waals surface area contributed by atoms with Crippen molar-refractivity contribution in [2.75, 3.05) is 11.9 Å². The third kappa shape index (κ3) is 5.97. The first-order valence-electron chi connectivity index (χ1n) is 8.91. The number of aromatic nitrogens is 1. The number of primary amides is 1. The molecule has 2 N–H and O–H groups in total. The third-order valence-electron chi connectivity index (χ3n) is 4.22. The first-order valence-corrected chi connectivity index (χ1v) is 10.6. The van der Waals surface area contributed by atoms with Gasteiger partial charge in [0, 0.05) is 40.6 Å². The number of nitrogens with zero attached hydrogens (tertiary/aromatic N) is 2. The fourth-order valence-electron chi connectivity index (χ4n) is 2.75. The fraction of sp³-hybridized carbons (Fsp3) is 0.474. The summed E-state index contributed by atoms with van der Waals surface area (Å²) in [6, 6.07) is 2.09. The zero-order chi connectivity index (χ0) is 20.0. The molecule has 0 bridgehead atoms. The Hall–Kier alpha value is -2.06. The van der Waals surface area contributed by atoms with Crippen LogP contribution in [0.15, 0.2) is 11.4 Å². The van der Waals surface area contributed by atoms with E-state index >= 15 is 0 Å². The number of hydrogen-bond acceptors (Lipinski definition) is 6. The van der Waals surface area contributed by atoms with Crippen LogP contribution in [-0.2, 0) is 14.4 Å². The number of ketones is 1. The molecule has 0 aromatic carbocycles. The van der Waals surface area contributed by atoms with E-state index in [0.717, 1.165) is 30.5 Å². The lowest BCUT2D eigenvalue weighted by molar-refractivity contribution is -0.136. The molecule has 0 saturated heterocycles. The number of carbonyl (C=O) groups is 3. The summed E-state index contributed by atoms with van der Waals surface area (Å²) in [6.07, 6.45) is 3.56. The second kappa shape index (κ2) is 9.75. The monoisotopic (exact) mass is 407 g/mol. The highest BCUT2D eigenvalue weighted by atomic mass is 32.1. The summed E-state index contributed by atoms with van der Waals surface area (Å²) < 4.78 is 0. The number of carbonyl (C=O) groups excluding carboxylic acids is 3. The van der Waals surface area contributed by atoms with Crippen molar-refractivity contribution >= 4 is 45.4 Å². The van der Waals surface area contributed by atoms with Gasteiger partial charge in [-0.2, -0.15) is 0 Å². The molecule has 0 aliphatic rings. The molecular formula is C19H25N3O3S2. The van der Waals surface area contributed by atoms with Gasteiger partial charge in [0.2, 0.25) is 11.7 Å². The molecule has 0 radical (unpaired) electrons. The van der Waals surface area contributed by atoms with Crippen LogP contribution in [0, 0.1) is 13.8 Å². The summed E-state index contributed by atoms with van der Waals surface area (Å²) in [6.45, 7) is 4.10. The quantitative estimate of drug-likeness (QED) is 0.478. The molecule has 8 heteroatoms. The average Bonchev–Trinajstić information content (AvgIpc) is 3.22. The number of rotatable bonds is 10. The molecule has 0 aliphatic carbocycles. The molecule has 0 spiro atoms. The van der Waals surface area contributed by atoms with Gasteiger partial charge in [0.1, 0.15) is 0 Å². The molecule has 6 nitrogen and oxygen atoms in total.